The van der Waals surface area contributed by atoms with E-state index >= 15 is 0 Å². The molecule has 0 aliphatic carbocycles. The molecule has 64 heavy (non-hydrogen) atoms. The van der Waals surface area contributed by atoms with Crippen LogP contribution in [-0.2, 0) is 23.8 Å². The molecule has 5 N–H and O–H groups in total. The number of pyridine rings is 4. The van der Waals surface area contributed by atoms with Crippen molar-refractivity contribution in [2.24, 2.45) is 0 Å². The molecule has 0 spiro atoms. The number of aromatic nitrogens is 4. The number of carboxylic acid groups (broad SMARTS) is 3. The summed E-state index contributed by atoms with van der Waals surface area (Å²) in [6, 6.07) is 13.6. The predicted octanol–water partition coefficient (Wildman–Crippen LogP) is 2.96. The number of halogens is 1. The second kappa shape index (κ2) is 32.2. The van der Waals surface area contributed by atoms with Gasteiger partial charge in [-0.25, -0.2) is 38.7 Å². The molecule has 0 atom stereocenters. The molecule has 0 saturated heterocycles. The number of aliphatic hydroxyl groups is 1. The summed E-state index contributed by atoms with van der Waals surface area (Å²) in [6.45, 7) is 3.10. The zero-order valence-corrected chi connectivity index (χ0v) is 38.6. The van der Waals surface area contributed by atoms with Crippen molar-refractivity contribution in [2.45, 2.75) is 23.6 Å². The average Bonchev–Trinajstić information content (AvgIpc) is 3.82. The van der Waals surface area contributed by atoms with Crippen LogP contribution in [0.2, 0.25) is 0 Å². The molecular formula is C38H40ClLiN4O16S4. The van der Waals surface area contributed by atoms with Gasteiger partial charge in [0.05, 0.1) is 29.7 Å². The first-order valence-corrected chi connectivity index (χ1v) is 19.6. The zero-order chi connectivity index (χ0) is 45.5. The largest absolute Gasteiger partial charge is 1.00 e. The van der Waals surface area contributed by atoms with E-state index in [-0.39, 0.29) is 84.3 Å². The number of esters is 3. The molecular weight excluding hydrogens is 939 g/mol. The Balaban J connectivity index is 0. The molecule has 0 aliphatic rings. The summed E-state index contributed by atoms with van der Waals surface area (Å²) in [4.78, 5) is 82.8. The smallest absolute Gasteiger partial charge is 0.870 e. The fourth-order valence-electron chi connectivity index (χ4n) is 4.23. The van der Waals surface area contributed by atoms with E-state index in [0.717, 1.165) is 23.1 Å². The van der Waals surface area contributed by atoms with E-state index < -0.39 is 42.4 Å². The number of aromatic carboxylic acids is 2. The second-order valence-electron chi connectivity index (χ2n) is 10.6. The minimum atomic E-state index is -1.17. The molecule has 0 radical (unpaired) electrons. The molecule has 0 aliphatic heterocycles. The summed E-state index contributed by atoms with van der Waals surface area (Å²) in [6.07, 6.45) is 6.03. The molecule has 6 aromatic rings. The third kappa shape index (κ3) is 18.7. The third-order valence-electron chi connectivity index (χ3n) is 6.60. The van der Waals surface area contributed by atoms with Crippen LogP contribution >= 0.6 is 60.3 Å². The van der Waals surface area contributed by atoms with Gasteiger partial charge < -0.3 is 49.6 Å². The van der Waals surface area contributed by atoms with Gasteiger partial charge in [0.1, 0.15) is 11.0 Å². The van der Waals surface area contributed by atoms with Crippen LogP contribution in [0.5, 0.6) is 11.5 Å². The Morgan fingerprint density at radius 3 is 1.48 bits per heavy atom. The zero-order valence-electron chi connectivity index (χ0n) is 34.4. The summed E-state index contributed by atoms with van der Waals surface area (Å²) >= 11 is 10.1. The Morgan fingerprint density at radius 2 is 1.06 bits per heavy atom. The Labute approximate surface area is 401 Å². The maximum absolute atomic E-state index is 12.0. The minimum absolute atomic E-state index is 0. The molecule has 340 valence electrons. The van der Waals surface area contributed by atoms with Crippen LogP contribution in [0, 0.1) is 0 Å². The fraction of sp³-hybridized carbons (Fsp3) is 0.211. The monoisotopic (exact) mass is 978 g/mol. The van der Waals surface area contributed by atoms with Gasteiger partial charge in [0.25, 0.3) is 0 Å². The summed E-state index contributed by atoms with van der Waals surface area (Å²) in [5, 5.41) is 33.0. The maximum Gasteiger partial charge on any atom is 1.00 e. The molecule has 0 bridgehead atoms. The van der Waals surface area contributed by atoms with Crippen LogP contribution in [-0.4, -0.2) is 122 Å². The van der Waals surface area contributed by atoms with Crippen LogP contribution < -0.4 is 28.3 Å². The molecule has 6 aromatic heterocycles. The number of carbonyl (C=O) groups excluding carboxylic acids is 3. The standard InChI is InChI=1S/C14H15NO5S.C10H7NO5S.C7H7NO2S.C6H5NO2S.CH4O.ClH.Li.H2O/c1-3-18-10(16)8-20-12-11-9(6-5-7-15-11)21-13(12)14(17)19-4-2;12-6(13)4-16-8-7-5(2-1-3-11-7)17-9(8)10(14)15;1-10-7(9)6-5(11)3-2-4-8-6;8-6(9)5-4(10)2-1-3-7-5;1-2;;;/h5-7H,3-4,8H2,1-2H3;1-3H,4H2,(H,12,13)(H,14,15);2-4,11H,1H3;1-3,10H,(H,8,9);2H,1H3;1H;;1H2/q;;;;;;+1;/p-1. The molecule has 6 rings (SSSR count). The Hall–Kier alpha value is -5.55. The molecule has 20 nitrogen and oxygen atoms in total. The van der Waals surface area contributed by atoms with E-state index in [0.29, 0.717) is 30.4 Å². The third-order valence-corrected chi connectivity index (χ3v) is 9.54. The van der Waals surface area contributed by atoms with Crippen molar-refractivity contribution in [2.75, 3.05) is 40.6 Å². The number of fused-ring (bicyclic) bond motifs is 2. The van der Waals surface area contributed by atoms with Crippen molar-refractivity contribution in [3.8, 4) is 11.5 Å². The van der Waals surface area contributed by atoms with Crippen molar-refractivity contribution in [3.63, 3.8) is 0 Å². The number of methoxy groups -OCH3 is 1. The number of carbonyl (C=O) groups is 6. The Kier molecular flexibility index (Phi) is 30.4. The summed E-state index contributed by atoms with van der Waals surface area (Å²) in [5.41, 5.74) is 1.15. The summed E-state index contributed by atoms with van der Waals surface area (Å²) in [7, 11) is 2.31. The molecule has 6 heterocycles. The van der Waals surface area contributed by atoms with E-state index in [1.165, 1.54) is 37.0 Å². The van der Waals surface area contributed by atoms with Gasteiger partial charge in [-0.2, -0.15) is 0 Å². The summed E-state index contributed by atoms with van der Waals surface area (Å²) < 4.78 is 26.1. The number of nitrogens with zero attached hydrogens (tertiary/aromatic N) is 4. The van der Waals surface area contributed by atoms with Gasteiger partial charge in [-0.15, -0.1) is 60.3 Å². The van der Waals surface area contributed by atoms with Crippen molar-refractivity contribution >= 4 is 117 Å². The van der Waals surface area contributed by atoms with Crippen LogP contribution in [0.15, 0.2) is 83.1 Å². The van der Waals surface area contributed by atoms with Gasteiger partial charge >= 0.3 is 54.7 Å². The van der Waals surface area contributed by atoms with Crippen molar-refractivity contribution in [1.82, 2.24) is 19.9 Å². The van der Waals surface area contributed by atoms with Crippen molar-refractivity contribution < 1.29 is 97.2 Å². The number of aliphatic hydroxyl groups excluding tert-OH is 1. The Bertz CT molecular complexity index is 2440. The van der Waals surface area contributed by atoms with E-state index in [1.54, 1.807) is 62.5 Å². The molecule has 0 fully saturated rings. The molecule has 0 amide bonds. The molecule has 0 unspecified atom stereocenters. The first kappa shape index (κ1) is 60.5. The number of carboxylic acids is 3. The first-order chi connectivity index (χ1) is 29.2. The van der Waals surface area contributed by atoms with Gasteiger partial charge in [0.2, 0.25) is 0 Å². The van der Waals surface area contributed by atoms with Crippen molar-refractivity contribution in [3.05, 3.63) is 94.5 Å². The number of ether oxygens (including phenoxy) is 5. The van der Waals surface area contributed by atoms with Crippen LogP contribution in [0.3, 0.4) is 0 Å². The van der Waals surface area contributed by atoms with E-state index in [9.17, 15) is 28.8 Å². The first-order valence-electron chi connectivity index (χ1n) is 17.1. The number of rotatable bonds is 12. The van der Waals surface area contributed by atoms with Gasteiger partial charge in [-0.1, -0.05) is 0 Å². The topological polar surface area (TPSA) is 311 Å². The van der Waals surface area contributed by atoms with Crippen molar-refractivity contribution in [1.29, 1.82) is 0 Å². The second-order valence-corrected chi connectivity index (χ2v) is 13.6. The van der Waals surface area contributed by atoms with Gasteiger partial charge in [0.15, 0.2) is 45.9 Å². The average molecular weight is 979 g/mol. The molecule has 0 saturated carbocycles. The minimum Gasteiger partial charge on any atom is -0.870 e. The van der Waals surface area contributed by atoms with Gasteiger partial charge in [-0.3, -0.25) is 9.97 Å². The number of hydrogen-bond acceptors (Lipinski definition) is 21. The van der Waals surface area contributed by atoms with Gasteiger partial charge in [0, 0.05) is 41.7 Å². The summed E-state index contributed by atoms with van der Waals surface area (Å²) in [5.74, 6) is -4.55. The quantitative estimate of drug-likeness (QED) is 0.0444. The van der Waals surface area contributed by atoms with Crippen LogP contribution in [0.4, 0.5) is 0 Å². The van der Waals surface area contributed by atoms with Crippen LogP contribution in [0.25, 0.3) is 20.4 Å². The predicted molar refractivity (Wildman–Crippen MR) is 236 cm³/mol. The maximum atomic E-state index is 12.0. The van der Waals surface area contributed by atoms with Crippen LogP contribution in [0.1, 0.15) is 54.2 Å². The van der Waals surface area contributed by atoms with E-state index in [2.05, 4.69) is 49.9 Å². The van der Waals surface area contributed by atoms with E-state index in [1.807, 2.05) is 6.07 Å². The fourth-order valence-corrected chi connectivity index (χ4v) is 6.65. The molecule has 26 heteroatoms. The number of hydrogen-bond donors (Lipinski definition) is 6. The number of thiophene rings is 2. The number of thiol groups is 2. The molecule has 0 aromatic carbocycles. The van der Waals surface area contributed by atoms with E-state index in [4.69, 9.17) is 39.4 Å². The van der Waals surface area contributed by atoms with Gasteiger partial charge in [-0.05, 0) is 62.4 Å². The normalized spacial score (nSPS) is 9.30. The SMILES string of the molecule is CCOC(=O)COc1c(C(=O)OCC)sc2cccnc12.CO.COC(=O)c1ncccc1S.Cl.O=C(O)COc1c(C(=O)O)sc2cccnc12.O=C(O)c1ncccc1S.[Li+].[OH-]. The number of aliphatic carboxylic acids is 1. The Morgan fingerprint density at radius 1 is 0.625 bits per heavy atom.